The molecular weight excluding hydrogens is 506 g/mol. The van der Waals surface area contributed by atoms with Crippen molar-refractivity contribution in [2.45, 2.75) is 32.3 Å². The molecule has 1 fully saturated rings. The second-order valence-electron chi connectivity index (χ2n) is 8.80. The number of nitrogens with zero attached hydrogens (tertiary/aromatic N) is 5. The smallest absolute Gasteiger partial charge is 0.236 e. The number of rotatable bonds is 15. The molecule has 1 saturated heterocycles. The van der Waals surface area contributed by atoms with Crippen LogP contribution < -0.4 is 10.6 Å². The average molecular weight is 544 g/mol. The predicted molar refractivity (Wildman–Crippen MR) is 146 cm³/mol. The molecule has 0 radical (unpaired) electrons. The highest BCUT2D eigenvalue weighted by Crippen LogP contribution is 2.12. The summed E-state index contributed by atoms with van der Waals surface area (Å²) < 4.78 is 32.8. The largest absolute Gasteiger partial charge is 0.379 e. The average Bonchev–Trinajstić information content (AvgIpc) is 2.94. The van der Waals surface area contributed by atoms with Gasteiger partial charge in [-0.2, -0.15) is 5.26 Å². The quantitative estimate of drug-likeness (QED) is 0.0868. The van der Waals surface area contributed by atoms with E-state index in [0.29, 0.717) is 38.7 Å². The van der Waals surface area contributed by atoms with Gasteiger partial charge in [0.25, 0.3) is 0 Å². The fourth-order valence-corrected chi connectivity index (χ4v) is 5.18. The van der Waals surface area contributed by atoms with Gasteiger partial charge >= 0.3 is 0 Å². The summed E-state index contributed by atoms with van der Waals surface area (Å²) in [6.07, 6.45) is 8.07. The molecule has 3 rings (SSSR count). The van der Waals surface area contributed by atoms with Crippen LogP contribution in [0.15, 0.2) is 59.9 Å². The molecule has 0 spiro atoms. The Morgan fingerprint density at radius 1 is 1.11 bits per heavy atom. The number of morpholine rings is 1. The number of guanidine groups is 1. The van der Waals surface area contributed by atoms with Gasteiger partial charge in [-0.15, -0.1) is 0 Å². The molecule has 0 atom stereocenters. The van der Waals surface area contributed by atoms with Gasteiger partial charge in [0.15, 0.2) is 6.19 Å². The number of aliphatic imine (C=N–C) groups is 1. The minimum Gasteiger partial charge on any atom is -0.379 e. The molecule has 1 aliphatic rings. The first-order valence-electron chi connectivity index (χ1n) is 12.9. The number of aromatic nitrogens is 1. The van der Waals surface area contributed by atoms with Gasteiger partial charge in [0.2, 0.25) is 16.0 Å². The zero-order valence-corrected chi connectivity index (χ0v) is 22.5. The molecule has 2 N–H and O–H groups in total. The van der Waals surface area contributed by atoms with E-state index in [1.807, 2.05) is 36.5 Å². The molecule has 38 heavy (non-hydrogen) atoms. The summed E-state index contributed by atoms with van der Waals surface area (Å²) in [5.41, 5.74) is 1.70. The van der Waals surface area contributed by atoms with Crippen molar-refractivity contribution in [3.63, 3.8) is 0 Å². The lowest BCUT2D eigenvalue weighted by Crippen LogP contribution is -2.43. The van der Waals surface area contributed by atoms with Crippen LogP contribution in [0.4, 0.5) is 5.69 Å². The highest BCUT2D eigenvalue weighted by atomic mass is 32.2. The van der Waals surface area contributed by atoms with Gasteiger partial charge in [0.05, 0.1) is 32.1 Å². The number of hydrogen-bond acceptors (Lipinski definition) is 8. The van der Waals surface area contributed by atoms with E-state index in [9.17, 15) is 8.42 Å². The van der Waals surface area contributed by atoms with Gasteiger partial charge in [0.1, 0.15) is 0 Å². The Hall–Kier alpha value is -3.08. The molecule has 0 aliphatic carbocycles. The van der Waals surface area contributed by atoms with Crippen LogP contribution >= 0.6 is 0 Å². The number of sulfonamides is 1. The Labute approximate surface area is 225 Å². The molecule has 1 aromatic carbocycles. The minimum absolute atomic E-state index is 0.0268. The Balaban J connectivity index is 1.43. The van der Waals surface area contributed by atoms with Crippen LogP contribution in [0.1, 0.15) is 31.2 Å². The van der Waals surface area contributed by atoms with Crippen LogP contribution in [-0.2, 0) is 26.2 Å². The maximum atomic E-state index is 13.1. The molecule has 0 unspecified atom stereocenters. The van der Waals surface area contributed by atoms with Crippen LogP contribution in [0.3, 0.4) is 0 Å². The van der Waals surface area contributed by atoms with Gasteiger partial charge < -0.3 is 10.1 Å². The topological polar surface area (TPSA) is 132 Å². The predicted octanol–water partition coefficient (Wildman–Crippen LogP) is 2.58. The maximum absolute atomic E-state index is 13.1. The van der Waals surface area contributed by atoms with Crippen LogP contribution in [-0.4, -0.2) is 80.4 Å². The Morgan fingerprint density at radius 3 is 2.58 bits per heavy atom. The SMILES string of the molecule is N#CNC(=NCCCCCCS(=O)(=O)N(CCN1CCOCC1)OCc1ccccc1)Nc1ccncc1. The number of anilines is 1. The first kappa shape index (κ1) is 29.5. The molecule has 0 bridgehead atoms. The van der Waals surface area contributed by atoms with Gasteiger partial charge in [-0.1, -0.05) is 47.6 Å². The van der Waals surface area contributed by atoms with E-state index >= 15 is 0 Å². The zero-order chi connectivity index (χ0) is 26.9. The van der Waals surface area contributed by atoms with Crippen LogP contribution in [0.5, 0.6) is 0 Å². The fraction of sp³-hybridized carbons (Fsp3) is 0.500. The molecule has 0 saturated carbocycles. The van der Waals surface area contributed by atoms with Crippen molar-refractivity contribution in [1.29, 1.82) is 5.26 Å². The van der Waals surface area contributed by atoms with Gasteiger partial charge in [-0.3, -0.25) is 25.0 Å². The van der Waals surface area contributed by atoms with E-state index in [1.165, 1.54) is 4.47 Å². The third kappa shape index (κ3) is 11.1. The standard InChI is InChI=1S/C26H37N7O4S/c27-23-30-26(31-25-10-13-28-14-11-25)29-12-6-1-2-7-21-38(34,35)33(16-15-32-17-19-36-20-18-32)37-22-24-8-4-3-5-9-24/h3-5,8-11,13-14H,1-2,6-7,12,15-22H2,(H2,28,29,30,31). The van der Waals surface area contributed by atoms with Crippen molar-refractivity contribution >= 4 is 21.7 Å². The van der Waals surface area contributed by atoms with Crippen molar-refractivity contribution in [2.75, 3.05) is 57.0 Å². The van der Waals surface area contributed by atoms with Gasteiger partial charge in [-0.25, -0.2) is 8.42 Å². The van der Waals surface area contributed by atoms with Crippen molar-refractivity contribution in [1.82, 2.24) is 19.7 Å². The van der Waals surface area contributed by atoms with Crippen molar-refractivity contribution in [3.8, 4) is 6.19 Å². The maximum Gasteiger partial charge on any atom is 0.236 e. The second kappa shape index (κ2) is 16.7. The molecule has 206 valence electrons. The Morgan fingerprint density at radius 2 is 1.84 bits per heavy atom. The molecule has 12 heteroatoms. The highest BCUT2D eigenvalue weighted by molar-refractivity contribution is 7.88. The molecule has 1 aromatic heterocycles. The van der Waals surface area contributed by atoms with Crippen molar-refractivity contribution in [3.05, 3.63) is 60.4 Å². The summed E-state index contributed by atoms with van der Waals surface area (Å²) in [6, 6.07) is 13.1. The van der Waals surface area contributed by atoms with Crippen molar-refractivity contribution < 1.29 is 18.0 Å². The normalized spacial score (nSPS) is 14.8. The number of nitriles is 1. The van der Waals surface area contributed by atoms with E-state index in [4.69, 9.17) is 14.8 Å². The number of hydroxylamine groups is 1. The Kier molecular flexibility index (Phi) is 13.0. The van der Waals surface area contributed by atoms with Crippen LogP contribution in [0.25, 0.3) is 0 Å². The molecule has 1 aliphatic heterocycles. The summed E-state index contributed by atoms with van der Waals surface area (Å²) in [4.78, 5) is 16.4. The summed E-state index contributed by atoms with van der Waals surface area (Å²) in [5, 5.41) is 14.5. The number of nitrogens with one attached hydrogen (secondary N) is 2. The first-order valence-corrected chi connectivity index (χ1v) is 14.5. The number of hydrogen-bond donors (Lipinski definition) is 2. The first-order chi connectivity index (χ1) is 18.6. The zero-order valence-electron chi connectivity index (χ0n) is 21.7. The lowest BCUT2D eigenvalue weighted by Gasteiger charge is -2.29. The van der Waals surface area contributed by atoms with E-state index in [-0.39, 0.29) is 18.9 Å². The molecule has 2 heterocycles. The molecular formula is C26H37N7O4S. The number of pyridine rings is 1. The minimum atomic E-state index is -3.58. The summed E-state index contributed by atoms with van der Waals surface area (Å²) in [6.45, 7) is 4.50. The third-order valence-corrected chi connectivity index (χ3v) is 7.64. The second-order valence-corrected chi connectivity index (χ2v) is 10.8. The van der Waals surface area contributed by atoms with Crippen LogP contribution in [0.2, 0.25) is 0 Å². The van der Waals surface area contributed by atoms with Gasteiger partial charge in [-0.05, 0) is 30.5 Å². The fourth-order valence-electron chi connectivity index (χ4n) is 3.83. The third-order valence-electron chi connectivity index (χ3n) is 5.93. The molecule has 11 nitrogen and oxygen atoms in total. The Bertz CT molecular complexity index is 1110. The molecule has 2 aromatic rings. The van der Waals surface area contributed by atoms with Crippen molar-refractivity contribution in [2.24, 2.45) is 4.99 Å². The number of ether oxygens (including phenoxy) is 1. The van der Waals surface area contributed by atoms with E-state index in [1.54, 1.807) is 24.5 Å². The number of unbranched alkanes of at least 4 members (excludes halogenated alkanes) is 3. The van der Waals surface area contributed by atoms with E-state index < -0.39 is 10.0 Å². The summed E-state index contributed by atoms with van der Waals surface area (Å²) in [5.74, 6) is 0.395. The lowest BCUT2D eigenvalue weighted by atomic mass is 10.2. The van der Waals surface area contributed by atoms with E-state index in [2.05, 4.69) is 25.5 Å². The summed E-state index contributed by atoms with van der Waals surface area (Å²) in [7, 11) is -3.58. The summed E-state index contributed by atoms with van der Waals surface area (Å²) >= 11 is 0. The van der Waals surface area contributed by atoms with Gasteiger partial charge in [0, 0.05) is 44.3 Å². The molecule has 0 amide bonds. The number of benzene rings is 1. The lowest BCUT2D eigenvalue weighted by molar-refractivity contribution is -0.101. The highest BCUT2D eigenvalue weighted by Gasteiger charge is 2.24. The monoisotopic (exact) mass is 543 g/mol. The van der Waals surface area contributed by atoms with E-state index in [0.717, 1.165) is 43.6 Å². The van der Waals surface area contributed by atoms with Crippen LogP contribution in [0, 0.1) is 11.5 Å².